The Balaban J connectivity index is 0.000000881. The average Bonchev–Trinajstić information content (AvgIpc) is 3.96. The van der Waals surface area contributed by atoms with Crippen molar-refractivity contribution < 1.29 is 73.1 Å². The van der Waals surface area contributed by atoms with Gasteiger partial charge in [-0.15, -0.1) is 0 Å². The molecule has 67 heavy (non-hydrogen) atoms. The summed E-state index contributed by atoms with van der Waals surface area (Å²) >= 11 is 0. The Morgan fingerprint density at radius 2 is 0.373 bits per heavy atom. The second-order valence-corrected chi connectivity index (χ2v) is 44.2. The summed E-state index contributed by atoms with van der Waals surface area (Å²) in [7, 11) is -29.9. The van der Waals surface area contributed by atoms with Gasteiger partial charge in [0.05, 0.1) is 0 Å². The number of fused-ring (bicyclic) bond motifs is 3. The van der Waals surface area contributed by atoms with E-state index in [9.17, 15) is 14.4 Å². The van der Waals surface area contributed by atoms with Crippen LogP contribution in [0.3, 0.4) is 0 Å². The fourth-order valence-electron chi connectivity index (χ4n) is 14.2. The molecular formula is C47H85O12Si7Ti. The SMILES string of the molecule is O[Si]1(C2CCCCC2)O[Si]2(C3CCCCC3)O[Si](O)(C3CCCCC3)O[Si]3(C4CCCCC4)O[Si](O)(C4CCCCC4)O[Si](C4CCCCC4)(O1)O[Si](C1CCCCC1)(O2)O3.[CH]1[CH][CH][CH][CH]1.[Ti]. The Morgan fingerprint density at radius 3 is 0.552 bits per heavy atom. The fourth-order valence-corrected chi connectivity index (χ4v) is 56.7. The molecule has 0 aromatic carbocycles. The average molecular weight is 1090 g/mol. The van der Waals surface area contributed by atoms with Crippen molar-refractivity contribution in [3.8, 4) is 0 Å². The Kier molecular flexibility index (Phi) is 18.7. The van der Waals surface area contributed by atoms with Gasteiger partial charge < -0.3 is 51.4 Å². The smallest absolute Gasteiger partial charge is 0.390 e. The predicted octanol–water partition coefficient (Wildman–Crippen LogP) is 12.1. The van der Waals surface area contributed by atoms with Crippen LogP contribution >= 0.6 is 0 Å². The van der Waals surface area contributed by atoms with Gasteiger partial charge in [-0.3, -0.25) is 0 Å². The van der Waals surface area contributed by atoms with Crippen molar-refractivity contribution in [2.75, 3.05) is 0 Å². The second kappa shape index (κ2) is 23.3. The van der Waals surface area contributed by atoms with Crippen molar-refractivity contribution in [1.29, 1.82) is 0 Å². The van der Waals surface area contributed by atoms with E-state index >= 15 is 0 Å². The zero-order chi connectivity index (χ0) is 45.2. The zero-order valence-electron chi connectivity index (χ0n) is 40.7. The minimum absolute atomic E-state index is 0. The molecule has 0 spiro atoms. The van der Waals surface area contributed by atoms with E-state index in [1.807, 2.05) is 32.1 Å². The van der Waals surface area contributed by atoms with Gasteiger partial charge in [0.1, 0.15) is 0 Å². The minimum Gasteiger partial charge on any atom is -0.390 e. The molecule has 3 aliphatic heterocycles. The first kappa shape index (κ1) is 53.6. The molecule has 8 aliphatic carbocycles. The van der Waals surface area contributed by atoms with E-state index in [0.717, 1.165) is 225 Å². The maximum Gasteiger partial charge on any atom is 0.486 e. The van der Waals surface area contributed by atoms with Crippen LogP contribution in [0, 0.1) is 32.1 Å². The molecule has 3 heterocycles. The molecule has 3 N–H and O–H groups in total. The zero-order valence-corrected chi connectivity index (χ0v) is 49.3. The second-order valence-electron chi connectivity index (χ2n) is 22.5. The largest absolute Gasteiger partial charge is 0.486 e. The third-order valence-corrected chi connectivity index (χ3v) is 49.7. The van der Waals surface area contributed by atoms with E-state index in [1.54, 1.807) is 0 Å². The fraction of sp³-hybridized carbons (Fsp3) is 0.894. The van der Waals surface area contributed by atoms with Gasteiger partial charge in [-0.05, 0) is 122 Å². The molecule has 4 bridgehead atoms. The minimum atomic E-state index is -4.38. The van der Waals surface area contributed by atoms with Crippen LogP contribution in [0.2, 0.25) is 38.8 Å². The summed E-state index contributed by atoms with van der Waals surface area (Å²) in [6.45, 7) is 0. The molecule has 5 radical (unpaired) electrons. The van der Waals surface area contributed by atoms with E-state index in [0.29, 0.717) is 0 Å². The van der Waals surface area contributed by atoms with Crippen molar-refractivity contribution >= 4 is 61.6 Å². The first-order chi connectivity index (χ1) is 32.1. The Labute approximate surface area is 427 Å². The van der Waals surface area contributed by atoms with Crippen LogP contribution in [0.1, 0.15) is 225 Å². The molecule has 11 rings (SSSR count). The van der Waals surface area contributed by atoms with E-state index < -0.39 is 61.6 Å². The molecule has 8 saturated carbocycles. The van der Waals surface area contributed by atoms with Crippen molar-refractivity contribution in [3.05, 3.63) is 32.1 Å². The Bertz CT molecular complexity index is 1370. The van der Waals surface area contributed by atoms with Gasteiger partial charge in [0, 0.05) is 60.5 Å². The maximum atomic E-state index is 14.0. The summed E-state index contributed by atoms with van der Waals surface area (Å²) in [5.41, 5.74) is -1.25. The molecule has 11 aliphatic rings. The monoisotopic (exact) mass is 1090 g/mol. The van der Waals surface area contributed by atoms with Crippen molar-refractivity contribution in [1.82, 2.24) is 0 Å². The van der Waals surface area contributed by atoms with E-state index in [-0.39, 0.29) is 60.5 Å². The predicted molar refractivity (Wildman–Crippen MR) is 266 cm³/mol. The number of hydrogen-bond acceptors (Lipinski definition) is 12. The van der Waals surface area contributed by atoms with Gasteiger partial charge >= 0.3 is 61.6 Å². The van der Waals surface area contributed by atoms with Crippen LogP contribution in [0.25, 0.3) is 0 Å². The molecular weight excluding hydrogens is 1000 g/mol. The number of rotatable bonds is 7. The van der Waals surface area contributed by atoms with Crippen molar-refractivity contribution in [2.45, 2.75) is 264 Å². The van der Waals surface area contributed by atoms with Gasteiger partial charge in [-0.1, -0.05) is 135 Å². The van der Waals surface area contributed by atoms with Crippen LogP contribution in [0.15, 0.2) is 0 Å². The van der Waals surface area contributed by atoms with Crippen LogP contribution in [-0.4, -0.2) is 76.0 Å². The van der Waals surface area contributed by atoms with Gasteiger partial charge in [0.2, 0.25) is 0 Å². The first-order valence-electron chi connectivity index (χ1n) is 27.7. The third kappa shape index (κ3) is 11.6. The van der Waals surface area contributed by atoms with Crippen LogP contribution in [-0.2, 0) is 58.8 Å². The Morgan fingerprint density at radius 1 is 0.224 bits per heavy atom. The maximum absolute atomic E-state index is 14.0. The molecule has 12 nitrogen and oxygen atoms in total. The van der Waals surface area contributed by atoms with Gasteiger partial charge in [0.25, 0.3) is 0 Å². The molecule has 11 fully saturated rings. The molecule has 377 valence electrons. The summed E-state index contributed by atoms with van der Waals surface area (Å²) in [4.78, 5) is 42.0. The molecule has 0 aromatic heterocycles. The quantitative estimate of drug-likeness (QED) is 0.209. The normalized spacial score (nSPS) is 43.4. The summed E-state index contributed by atoms with van der Waals surface area (Å²) in [5.74, 6) is 0. The van der Waals surface area contributed by atoms with Crippen LogP contribution in [0.4, 0.5) is 0 Å². The molecule has 3 saturated heterocycles. The van der Waals surface area contributed by atoms with Crippen molar-refractivity contribution in [2.24, 2.45) is 0 Å². The van der Waals surface area contributed by atoms with Crippen LogP contribution < -0.4 is 0 Å². The molecule has 0 amide bonds. The first-order valence-corrected chi connectivity index (χ1v) is 40.5. The van der Waals surface area contributed by atoms with Crippen LogP contribution in [0.5, 0.6) is 0 Å². The van der Waals surface area contributed by atoms with Crippen molar-refractivity contribution in [3.63, 3.8) is 0 Å². The summed E-state index contributed by atoms with van der Waals surface area (Å²) < 4.78 is 71.9. The van der Waals surface area contributed by atoms with Gasteiger partial charge in [-0.2, -0.15) is 0 Å². The third-order valence-electron chi connectivity index (χ3n) is 17.9. The summed E-state index contributed by atoms with van der Waals surface area (Å²) in [5, 5.41) is 0. The topological polar surface area (TPSA) is 144 Å². The summed E-state index contributed by atoms with van der Waals surface area (Å²) in [6.07, 6.45) is 43.4. The van der Waals surface area contributed by atoms with E-state index in [4.69, 9.17) is 37.0 Å². The molecule has 20 heteroatoms. The molecule has 0 aromatic rings. The number of hydrogen-bond donors (Lipinski definition) is 3. The Hall–Kier alpha value is 1.75. The van der Waals surface area contributed by atoms with E-state index in [2.05, 4.69) is 0 Å². The molecule has 0 atom stereocenters. The van der Waals surface area contributed by atoms with Gasteiger partial charge in [-0.25, -0.2) is 0 Å². The standard InChI is InChI=1S/C42H80O12Si7.C5H5.Ti/c43-55(36-22-8-1-9-23-36)46-58(39-28-14-4-15-29-39)48-56(44,37-24-10-2-11-25-37)50-60(41-32-18-6-19-33-41)51-57(45,38-26-12-3-13-27-38)49-59(47-55,40-30-16-5-17-31-40)53-61(52-58,54-60)42-34-20-7-21-35-42;1-2-4-5-3-1;/h36-45H,1-35H2;1-5H;. The van der Waals surface area contributed by atoms with E-state index in [1.165, 1.54) is 0 Å². The van der Waals surface area contributed by atoms with Gasteiger partial charge in [0.15, 0.2) is 0 Å². The summed E-state index contributed by atoms with van der Waals surface area (Å²) in [6, 6.07) is 0. The molecule has 0 unspecified atom stereocenters.